The number of benzene rings is 2. The summed E-state index contributed by atoms with van der Waals surface area (Å²) in [6.07, 6.45) is 0. The molecule has 132 valence electrons. The van der Waals surface area contributed by atoms with E-state index >= 15 is 0 Å². The van der Waals surface area contributed by atoms with Crippen molar-refractivity contribution in [1.82, 2.24) is 10.2 Å². The standard InChI is InChI=1S/C19H17N3O2S2/c1-13-6-8-14(9-7-13)18-20-21-19(24-18)26-12-17(23)22-10-11-25-16-5-3-2-4-15(16)22/h2-9H,10-12H2,1H3. The number of carbonyl (C=O) groups is 1. The number of para-hydroxylation sites is 1. The van der Waals surface area contributed by atoms with Crippen LogP contribution in [0.3, 0.4) is 0 Å². The summed E-state index contributed by atoms with van der Waals surface area (Å²) in [5.74, 6) is 1.71. The number of thioether (sulfide) groups is 2. The number of hydrogen-bond acceptors (Lipinski definition) is 6. The summed E-state index contributed by atoms with van der Waals surface area (Å²) in [5.41, 5.74) is 3.04. The third kappa shape index (κ3) is 3.64. The zero-order chi connectivity index (χ0) is 17.9. The number of anilines is 1. The van der Waals surface area contributed by atoms with Crippen LogP contribution < -0.4 is 4.90 Å². The van der Waals surface area contributed by atoms with Crippen molar-refractivity contribution in [3.63, 3.8) is 0 Å². The molecule has 1 aliphatic heterocycles. The van der Waals surface area contributed by atoms with E-state index in [0.29, 0.717) is 11.1 Å². The lowest BCUT2D eigenvalue weighted by molar-refractivity contribution is -0.116. The number of rotatable bonds is 4. The molecule has 0 atom stereocenters. The predicted octanol–water partition coefficient (Wildman–Crippen LogP) is 4.28. The highest BCUT2D eigenvalue weighted by molar-refractivity contribution is 8.00. The van der Waals surface area contributed by atoms with Gasteiger partial charge in [-0.05, 0) is 31.2 Å². The molecule has 0 unspecified atom stereocenters. The van der Waals surface area contributed by atoms with Crippen molar-refractivity contribution in [2.24, 2.45) is 0 Å². The Morgan fingerprint density at radius 3 is 2.85 bits per heavy atom. The fourth-order valence-electron chi connectivity index (χ4n) is 2.71. The van der Waals surface area contributed by atoms with E-state index in [4.69, 9.17) is 4.42 Å². The van der Waals surface area contributed by atoms with Crippen molar-refractivity contribution in [3.05, 3.63) is 54.1 Å². The van der Waals surface area contributed by atoms with Gasteiger partial charge in [-0.1, -0.05) is 41.6 Å². The zero-order valence-electron chi connectivity index (χ0n) is 14.2. The third-order valence-corrected chi connectivity index (χ3v) is 5.90. The molecular weight excluding hydrogens is 366 g/mol. The van der Waals surface area contributed by atoms with Crippen molar-refractivity contribution < 1.29 is 9.21 Å². The van der Waals surface area contributed by atoms with Crippen LogP contribution in [-0.4, -0.2) is 34.2 Å². The molecule has 0 spiro atoms. The minimum Gasteiger partial charge on any atom is -0.411 e. The SMILES string of the molecule is Cc1ccc(-c2nnc(SCC(=O)N3CCSc4ccccc43)o2)cc1. The second-order valence-corrected chi connectivity index (χ2v) is 7.95. The monoisotopic (exact) mass is 383 g/mol. The van der Waals surface area contributed by atoms with Crippen molar-refractivity contribution in [1.29, 1.82) is 0 Å². The second-order valence-electron chi connectivity index (χ2n) is 5.89. The Kier molecular flexibility index (Phi) is 4.99. The minimum absolute atomic E-state index is 0.0536. The van der Waals surface area contributed by atoms with Crippen molar-refractivity contribution in [2.45, 2.75) is 17.0 Å². The quantitative estimate of drug-likeness (QED) is 0.627. The van der Waals surface area contributed by atoms with E-state index in [9.17, 15) is 4.79 Å². The molecular formula is C19H17N3O2S2. The molecule has 4 rings (SSSR count). The van der Waals surface area contributed by atoms with Crippen LogP contribution in [0.25, 0.3) is 11.5 Å². The van der Waals surface area contributed by atoms with Gasteiger partial charge in [0.05, 0.1) is 11.4 Å². The first-order valence-electron chi connectivity index (χ1n) is 8.26. The Hall–Kier alpha value is -2.25. The number of aryl methyl sites for hydroxylation is 1. The number of carbonyl (C=O) groups excluding carboxylic acids is 1. The fourth-order valence-corrected chi connectivity index (χ4v) is 4.34. The van der Waals surface area contributed by atoms with Crippen LogP contribution in [0, 0.1) is 6.92 Å². The van der Waals surface area contributed by atoms with Crippen LogP contribution in [0.1, 0.15) is 5.56 Å². The summed E-state index contributed by atoms with van der Waals surface area (Å²) < 4.78 is 5.68. The highest BCUT2D eigenvalue weighted by atomic mass is 32.2. The third-order valence-electron chi connectivity index (χ3n) is 4.05. The van der Waals surface area contributed by atoms with Gasteiger partial charge >= 0.3 is 0 Å². The summed E-state index contributed by atoms with van der Waals surface area (Å²) in [6, 6.07) is 15.9. The molecule has 1 aliphatic rings. The van der Waals surface area contributed by atoms with Gasteiger partial charge in [-0.3, -0.25) is 4.79 Å². The van der Waals surface area contributed by atoms with E-state index < -0.39 is 0 Å². The van der Waals surface area contributed by atoms with Crippen molar-refractivity contribution in [2.75, 3.05) is 23.0 Å². The molecule has 1 aromatic heterocycles. The summed E-state index contributed by atoms with van der Waals surface area (Å²) in [6.45, 7) is 2.75. The van der Waals surface area contributed by atoms with E-state index in [1.807, 2.05) is 54.3 Å². The highest BCUT2D eigenvalue weighted by Crippen LogP contribution is 2.35. The molecule has 0 fully saturated rings. The van der Waals surface area contributed by atoms with E-state index in [0.717, 1.165) is 28.4 Å². The number of hydrogen-bond donors (Lipinski definition) is 0. The smallest absolute Gasteiger partial charge is 0.277 e. The molecule has 2 heterocycles. The number of fused-ring (bicyclic) bond motifs is 1. The van der Waals surface area contributed by atoms with Gasteiger partial charge in [-0.25, -0.2) is 0 Å². The van der Waals surface area contributed by atoms with Crippen LogP contribution in [0.15, 0.2) is 63.1 Å². The van der Waals surface area contributed by atoms with Crippen LogP contribution in [-0.2, 0) is 4.79 Å². The highest BCUT2D eigenvalue weighted by Gasteiger charge is 2.23. The maximum atomic E-state index is 12.7. The maximum absolute atomic E-state index is 12.7. The fraction of sp³-hybridized carbons (Fsp3) is 0.211. The number of aromatic nitrogens is 2. The second kappa shape index (κ2) is 7.55. The molecule has 0 aliphatic carbocycles. The Morgan fingerprint density at radius 1 is 1.19 bits per heavy atom. The van der Waals surface area contributed by atoms with Gasteiger partial charge in [0.25, 0.3) is 5.22 Å². The van der Waals surface area contributed by atoms with E-state index in [1.54, 1.807) is 11.8 Å². The predicted molar refractivity (Wildman–Crippen MR) is 105 cm³/mol. The van der Waals surface area contributed by atoms with Crippen LogP contribution in [0.4, 0.5) is 5.69 Å². The first kappa shape index (κ1) is 17.2. The zero-order valence-corrected chi connectivity index (χ0v) is 15.8. The molecule has 0 saturated heterocycles. The van der Waals surface area contributed by atoms with Gasteiger partial charge in [0.1, 0.15) is 0 Å². The normalized spacial score (nSPS) is 13.5. The van der Waals surface area contributed by atoms with E-state index in [2.05, 4.69) is 16.3 Å². The molecule has 0 radical (unpaired) electrons. The Balaban J connectivity index is 1.42. The van der Waals surface area contributed by atoms with Crippen LogP contribution in [0.2, 0.25) is 0 Å². The number of amides is 1. The lowest BCUT2D eigenvalue weighted by atomic mass is 10.1. The van der Waals surface area contributed by atoms with Gasteiger partial charge in [-0.15, -0.1) is 22.0 Å². The molecule has 0 bridgehead atoms. The average Bonchev–Trinajstić information content (AvgIpc) is 3.15. The number of nitrogens with zero attached hydrogens (tertiary/aromatic N) is 3. The Labute approximate surface area is 160 Å². The summed E-state index contributed by atoms with van der Waals surface area (Å²) >= 11 is 3.06. The van der Waals surface area contributed by atoms with Gasteiger partial charge in [0.15, 0.2) is 0 Å². The first-order chi connectivity index (χ1) is 12.7. The molecule has 1 amide bonds. The average molecular weight is 383 g/mol. The van der Waals surface area contributed by atoms with Gasteiger partial charge < -0.3 is 9.32 Å². The van der Waals surface area contributed by atoms with Crippen molar-refractivity contribution in [3.8, 4) is 11.5 Å². The van der Waals surface area contributed by atoms with E-state index in [-0.39, 0.29) is 11.7 Å². The first-order valence-corrected chi connectivity index (χ1v) is 10.2. The van der Waals surface area contributed by atoms with Crippen LogP contribution >= 0.6 is 23.5 Å². The van der Waals surface area contributed by atoms with Gasteiger partial charge in [-0.2, -0.15) is 0 Å². The molecule has 5 nitrogen and oxygen atoms in total. The molecule has 0 N–H and O–H groups in total. The molecule has 0 saturated carbocycles. The lowest BCUT2D eigenvalue weighted by Crippen LogP contribution is -2.36. The largest absolute Gasteiger partial charge is 0.411 e. The molecule has 7 heteroatoms. The summed E-state index contributed by atoms with van der Waals surface area (Å²) in [4.78, 5) is 15.6. The molecule has 2 aromatic carbocycles. The van der Waals surface area contributed by atoms with E-state index in [1.165, 1.54) is 17.3 Å². The molecule has 3 aromatic rings. The summed E-state index contributed by atoms with van der Waals surface area (Å²) in [5, 5.41) is 8.54. The van der Waals surface area contributed by atoms with Crippen molar-refractivity contribution >= 4 is 35.1 Å². The van der Waals surface area contributed by atoms with Crippen LogP contribution in [0.5, 0.6) is 0 Å². The maximum Gasteiger partial charge on any atom is 0.277 e. The van der Waals surface area contributed by atoms with Gasteiger partial charge in [0, 0.05) is 22.8 Å². The topological polar surface area (TPSA) is 59.2 Å². The minimum atomic E-state index is 0.0536. The lowest BCUT2D eigenvalue weighted by Gasteiger charge is -2.28. The summed E-state index contributed by atoms with van der Waals surface area (Å²) in [7, 11) is 0. The Morgan fingerprint density at radius 2 is 2.00 bits per heavy atom. The molecule has 26 heavy (non-hydrogen) atoms. The Bertz CT molecular complexity index is 925. The van der Waals surface area contributed by atoms with Gasteiger partial charge in [0.2, 0.25) is 11.8 Å².